The van der Waals surface area contributed by atoms with E-state index in [-0.39, 0.29) is 16.5 Å². The first-order valence-corrected chi connectivity index (χ1v) is 11.1. The summed E-state index contributed by atoms with van der Waals surface area (Å²) in [6, 6.07) is 16.6. The minimum atomic E-state index is -3.97. The van der Waals surface area contributed by atoms with Gasteiger partial charge in [-0.2, -0.15) is 0 Å². The van der Waals surface area contributed by atoms with E-state index in [1.807, 2.05) is 26.0 Å². The maximum Gasteiger partial charge on any atom is 0.265 e. The summed E-state index contributed by atoms with van der Waals surface area (Å²) in [5, 5.41) is 2.69. The van der Waals surface area contributed by atoms with E-state index in [2.05, 4.69) is 10.0 Å². The van der Waals surface area contributed by atoms with Crippen molar-refractivity contribution in [3.05, 3.63) is 83.7 Å². The molecule has 162 valence electrons. The molecule has 6 nitrogen and oxygen atoms in total. The van der Waals surface area contributed by atoms with Crippen LogP contribution >= 0.6 is 0 Å². The second-order valence-electron chi connectivity index (χ2n) is 7.11. The number of hydrogen-bond donors (Lipinski definition) is 2. The highest BCUT2D eigenvalue weighted by Gasteiger charge is 2.18. The van der Waals surface area contributed by atoms with Gasteiger partial charge in [0, 0.05) is 5.69 Å². The lowest BCUT2D eigenvalue weighted by atomic mass is 10.1. The number of halogens is 1. The zero-order chi connectivity index (χ0) is 22.6. The van der Waals surface area contributed by atoms with Crippen LogP contribution < -0.4 is 14.8 Å². The summed E-state index contributed by atoms with van der Waals surface area (Å²) >= 11 is 0. The van der Waals surface area contributed by atoms with Crippen LogP contribution in [0.15, 0.2) is 71.6 Å². The summed E-state index contributed by atoms with van der Waals surface area (Å²) in [6.45, 7) is 5.58. The van der Waals surface area contributed by atoms with Crippen molar-refractivity contribution in [2.75, 3.05) is 10.0 Å². The molecule has 0 fully saturated rings. The van der Waals surface area contributed by atoms with Crippen LogP contribution in [-0.2, 0) is 14.8 Å². The second kappa shape index (κ2) is 9.18. The molecule has 31 heavy (non-hydrogen) atoms. The smallest absolute Gasteiger partial charge is 0.265 e. The van der Waals surface area contributed by atoms with Crippen molar-refractivity contribution in [1.29, 1.82) is 0 Å². The Balaban J connectivity index is 1.64. The first-order valence-electron chi connectivity index (χ1n) is 9.58. The predicted octanol–water partition coefficient (Wildman–Crippen LogP) is 4.65. The molecule has 3 aromatic carbocycles. The van der Waals surface area contributed by atoms with E-state index in [9.17, 15) is 17.6 Å². The Labute approximate surface area is 181 Å². The lowest BCUT2D eigenvalue weighted by molar-refractivity contribution is -0.122. The number of carbonyl (C=O) groups excluding carboxylic acids is 1. The van der Waals surface area contributed by atoms with Crippen molar-refractivity contribution in [2.45, 2.75) is 31.8 Å². The maximum atomic E-state index is 13.7. The molecule has 3 aromatic rings. The van der Waals surface area contributed by atoms with Crippen LogP contribution in [0.1, 0.15) is 18.1 Å². The Bertz CT molecular complexity index is 1190. The fraction of sp³-hybridized carbons (Fsp3) is 0.174. The Morgan fingerprint density at radius 3 is 2.29 bits per heavy atom. The van der Waals surface area contributed by atoms with E-state index < -0.39 is 21.9 Å². The molecule has 0 aliphatic heterocycles. The van der Waals surface area contributed by atoms with E-state index >= 15 is 0 Å². The van der Waals surface area contributed by atoms with E-state index in [4.69, 9.17) is 4.74 Å². The van der Waals surface area contributed by atoms with Gasteiger partial charge in [0.1, 0.15) is 11.6 Å². The third-order valence-corrected chi connectivity index (χ3v) is 6.09. The molecule has 0 aliphatic carbocycles. The molecule has 1 atom stereocenters. The first kappa shape index (κ1) is 22.3. The summed E-state index contributed by atoms with van der Waals surface area (Å²) in [7, 11) is -3.97. The van der Waals surface area contributed by atoms with Crippen LogP contribution in [0.2, 0.25) is 0 Å². The molecule has 0 spiro atoms. The number of sulfonamides is 1. The Morgan fingerprint density at radius 2 is 1.65 bits per heavy atom. The van der Waals surface area contributed by atoms with Crippen molar-refractivity contribution in [1.82, 2.24) is 0 Å². The highest BCUT2D eigenvalue weighted by molar-refractivity contribution is 7.92. The predicted molar refractivity (Wildman–Crippen MR) is 118 cm³/mol. The van der Waals surface area contributed by atoms with Crippen molar-refractivity contribution in [3.8, 4) is 5.75 Å². The van der Waals surface area contributed by atoms with Gasteiger partial charge in [-0.25, -0.2) is 12.8 Å². The molecule has 8 heteroatoms. The summed E-state index contributed by atoms with van der Waals surface area (Å²) in [5.74, 6) is -0.461. The van der Waals surface area contributed by atoms with Gasteiger partial charge in [-0.3, -0.25) is 9.52 Å². The summed E-state index contributed by atoms with van der Waals surface area (Å²) < 4.78 is 46.6. The van der Waals surface area contributed by atoms with Crippen LogP contribution in [0.5, 0.6) is 5.75 Å². The molecule has 0 heterocycles. The van der Waals surface area contributed by atoms with Gasteiger partial charge in [0.2, 0.25) is 0 Å². The van der Waals surface area contributed by atoms with Crippen LogP contribution in [0.3, 0.4) is 0 Å². The molecule has 0 aliphatic rings. The van der Waals surface area contributed by atoms with E-state index in [1.165, 1.54) is 42.5 Å². The number of hydrogen-bond acceptors (Lipinski definition) is 4. The SMILES string of the molecule is Cc1ccc(O[C@H](C)C(=O)Nc2ccc(S(=O)(=O)Nc3ccccc3F)cc2)cc1C. The highest BCUT2D eigenvalue weighted by atomic mass is 32.2. The van der Waals surface area contributed by atoms with Gasteiger partial charge in [0.15, 0.2) is 6.10 Å². The van der Waals surface area contributed by atoms with Crippen LogP contribution in [0.4, 0.5) is 15.8 Å². The molecule has 0 bridgehead atoms. The third kappa shape index (κ3) is 5.61. The molecule has 0 radical (unpaired) electrons. The van der Waals surface area contributed by atoms with Gasteiger partial charge in [0.25, 0.3) is 15.9 Å². The quantitative estimate of drug-likeness (QED) is 0.558. The number of amides is 1. The van der Waals surface area contributed by atoms with Gasteiger partial charge in [-0.1, -0.05) is 18.2 Å². The number of para-hydroxylation sites is 1. The minimum absolute atomic E-state index is 0.0619. The van der Waals surface area contributed by atoms with Gasteiger partial charge in [-0.15, -0.1) is 0 Å². The second-order valence-corrected chi connectivity index (χ2v) is 8.79. The van der Waals surface area contributed by atoms with Gasteiger partial charge < -0.3 is 10.1 Å². The molecule has 0 saturated heterocycles. The fourth-order valence-corrected chi connectivity index (χ4v) is 3.82. The van der Waals surface area contributed by atoms with Crippen LogP contribution in [0, 0.1) is 19.7 Å². The normalized spacial score (nSPS) is 12.1. The Morgan fingerprint density at radius 1 is 0.968 bits per heavy atom. The Kier molecular flexibility index (Phi) is 6.60. The number of benzene rings is 3. The first-order chi connectivity index (χ1) is 14.7. The van der Waals surface area contributed by atoms with E-state index in [0.29, 0.717) is 11.4 Å². The number of rotatable bonds is 7. The number of carbonyl (C=O) groups is 1. The highest BCUT2D eigenvalue weighted by Crippen LogP contribution is 2.21. The Hall–Kier alpha value is -3.39. The largest absolute Gasteiger partial charge is 0.481 e. The van der Waals surface area contributed by atoms with Gasteiger partial charge >= 0.3 is 0 Å². The fourth-order valence-electron chi connectivity index (χ4n) is 2.75. The molecular weight excluding hydrogens is 419 g/mol. The molecule has 0 aromatic heterocycles. The van der Waals surface area contributed by atoms with E-state index in [1.54, 1.807) is 13.0 Å². The topological polar surface area (TPSA) is 84.5 Å². The molecule has 2 N–H and O–H groups in total. The minimum Gasteiger partial charge on any atom is -0.481 e. The average molecular weight is 443 g/mol. The van der Waals surface area contributed by atoms with Crippen molar-refractivity contribution in [2.24, 2.45) is 0 Å². The lowest BCUT2D eigenvalue weighted by Gasteiger charge is -2.16. The number of aryl methyl sites for hydroxylation is 2. The standard InChI is InChI=1S/C23H23FN2O4S/c1-15-8-11-19(14-16(15)2)30-17(3)23(27)25-18-9-12-20(13-10-18)31(28,29)26-22-7-5-4-6-21(22)24/h4-14,17,26H,1-3H3,(H,25,27)/t17-/m1/s1. The summed E-state index contributed by atoms with van der Waals surface area (Å²) in [6.07, 6.45) is -0.756. The zero-order valence-electron chi connectivity index (χ0n) is 17.3. The molecular formula is C23H23FN2O4S. The number of nitrogens with one attached hydrogen (secondary N) is 2. The molecule has 0 saturated carbocycles. The third-order valence-electron chi connectivity index (χ3n) is 4.71. The van der Waals surface area contributed by atoms with Crippen LogP contribution in [-0.4, -0.2) is 20.4 Å². The lowest BCUT2D eigenvalue weighted by Crippen LogP contribution is -2.30. The van der Waals surface area contributed by atoms with Crippen molar-refractivity contribution < 1.29 is 22.3 Å². The maximum absolute atomic E-state index is 13.7. The molecule has 0 unspecified atom stereocenters. The summed E-state index contributed by atoms with van der Waals surface area (Å²) in [5.41, 5.74) is 2.46. The molecule has 3 rings (SSSR count). The monoisotopic (exact) mass is 442 g/mol. The van der Waals surface area contributed by atoms with E-state index in [0.717, 1.165) is 17.2 Å². The average Bonchev–Trinajstić information content (AvgIpc) is 2.72. The van der Waals surface area contributed by atoms with Crippen molar-refractivity contribution >= 4 is 27.3 Å². The summed E-state index contributed by atoms with van der Waals surface area (Å²) in [4.78, 5) is 12.4. The van der Waals surface area contributed by atoms with Gasteiger partial charge in [0.05, 0.1) is 10.6 Å². The zero-order valence-corrected chi connectivity index (χ0v) is 18.2. The van der Waals surface area contributed by atoms with Crippen molar-refractivity contribution in [3.63, 3.8) is 0 Å². The number of ether oxygens (including phenoxy) is 1. The van der Waals surface area contributed by atoms with Gasteiger partial charge in [-0.05, 0) is 80.4 Å². The molecule has 1 amide bonds. The number of anilines is 2. The van der Waals surface area contributed by atoms with Crippen LogP contribution in [0.25, 0.3) is 0 Å².